The predicted octanol–water partition coefficient (Wildman–Crippen LogP) is 2.13. The fourth-order valence-electron chi connectivity index (χ4n) is 2.32. The van der Waals surface area contributed by atoms with Crippen molar-refractivity contribution in [2.75, 3.05) is 18.9 Å². The van der Waals surface area contributed by atoms with Crippen LogP contribution in [0.2, 0.25) is 0 Å². The summed E-state index contributed by atoms with van der Waals surface area (Å²) in [4.78, 5) is 11.8. The number of aromatic nitrogens is 3. The quantitative estimate of drug-likeness (QED) is 0.636. The monoisotopic (exact) mass is 354 g/mol. The molecule has 0 aliphatic rings. The average Bonchev–Trinajstić information content (AvgIpc) is 3.10. The van der Waals surface area contributed by atoms with E-state index in [1.54, 1.807) is 0 Å². The van der Waals surface area contributed by atoms with Crippen LogP contribution in [0.3, 0.4) is 0 Å². The number of carbonyl (C=O) groups excluding carboxylic acids is 1. The SMILES string of the molecule is O=C(CSc1nnc(-c2ccccc2)n1-c1ccccc1)NCCO. The number of thioether (sulfide) groups is 1. The Balaban J connectivity index is 1.91. The van der Waals surface area contributed by atoms with Gasteiger partial charge in [-0.3, -0.25) is 9.36 Å². The Morgan fingerprint density at radius 2 is 1.72 bits per heavy atom. The molecule has 2 aromatic carbocycles. The normalized spacial score (nSPS) is 10.6. The minimum absolute atomic E-state index is 0.0746. The fraction of sp³-hybridized carbons (Fsp3) is 0.167. The molecule has 3 rings (SSSR count). The van der Waals surface area contributed by atoms with Gasteiger partial charge < -0.3 is 10.4 Å². The average molecular weight is 354 g/mol. The van der Waals surface area contributed by atoms with Gasteiger partial charge >= 0.3 is 0 Å². The number of nitrogens with one attached hydrogen (secondary N) is 1. The summed E-state index contributed by atoms with van der Waals surface area (Å²) in [7, 11) is 0. The van der Waals surface area contributed by atoms with Gasteiger partial charge in [0.15, 0.2) is 11.0 Å². The number of para-hydroxylation sites is 1. The van der Waals surface area contributed by atoms with Crippen molar-refractivity contribution in [3.8, 4) is 17.1 Å². The number of hydrogen-bond acceptors (Lipinski definition) is 5. The van der Waals surface area contributed by atoms with Crippen molar-refractivity contribution >= 4 is 17.7 Å². The first-order valence-electron chi connectivity index (χ1n) is 7.86. The third-order valence-electron chi connectivity index (χ3n) is 3.45. The highest BCUT2D eigenvalue weighted by Crippen LogP contribution is 2.27. The third-order valence-corrected chi connectivity index (χ3v) is 4.38. The zero-order valence-electron chi connectivity index (χ0n) is 13.5. The number of carbonyl (C=O) groups is 1. The molecule has 0 bridgehead atoms. The van der Waals surface area contributed by atoms with E-state index in [9.17, 15) is 4.79 Å². The molecular weight excluding hydrogens is 336 g/mol. The van der Waals surface area contributed by atoms with Gasteiger partial charge in [0.1, 0.15) is 0 Å². The van der Waals surface area contributed by atoms with E-state index in [0.717, 1.165) is 17.1 Å². The highest BCUT2D eigenvalue weighted by Gasteiger charge is 2.16. The molecule has 1 amide bonds. The lowest BCUT2D eigenvalue weighted by Crippen LogP contribution is -2.28. The van der Waals surface area contributed by atoms with E-state index in [1.807, 2.05) is 65.2 Å². The topological polar surface area (TPSA) is 80.0 Å². The summed E-state index contributed by atoms with van der Waals surface area (Å²) in [6.07, 6.45) is 0. The second-order valence-electron chi connectivity index (χ2n) is 5.21. The van der Waals surface area contributed by atoms with Gasteiger partial charge in [-0.1, -0.05) is 60.3 Å². The minimum Gasteiger partial charge on any atom is -0.395 e. The lowest BCUT2D eigenvalue weighted by molar-refractivity contribution is -0.118. The lowest BCUT2D eigenvalue weighted by Gasteiger charge is -2.10. The predicted molar refractivity (Wildman–Crippen MR) is 97.6 cm³/mol. The first-order chi connectivity index (χ1) is 12.3. The molecule has 0 unspecified atom stereocenters. The van der Waals surface area contributed by atoms with E-state index in [2.05, 4.69) is 15.5 Å². The van der Waals surface area contributed by atoms with Crippen LogP contribution in [0, 0.1) is 0 Å². The van der Waals surface area contributed by atoms with Crippen molar-refractivity contribution in [2.45, 2.75) is 5.16 Å². The van der Waals surface area contributed by atoms with Crippen LogP contribution < -0.4 is 5.32 Å². The fourth-order valence-corrected chi connectivity index (χ4v) is 3.11. The van der Waals surface area contributed by atoms with Gasteiger partial charge in [0, 0.05) is 17.8 Å². The first kappa shape index (κ1) is 17.2. The molecule has 128 valence electrons. The second-order valence-corrected chi connectivity index (χ2v) is 6.15. The van der Waals surface area contributed by atoms with Crippen LogP contribution in [0.5, 0.6) is 0 Å². The number of amides is 1. The molecule has 7 heteroatoms. The van der Waals surface area contributed by atoms with Gasteiger partial charge in [0.2, 0.25) is 5.91 Å². The number of aliphatic hydroxyl groups is 1. The van der Waals surface area contributed by atoms with Crippen molar-refractivity contribution in [3.05, 3.63) is 60.7 Å². The van der Waals surface area contributed by atoms with Crippen LogP contribution in [0.4, 0.5) is 0 Å². The Morgan fingerprint density at radius 1 is 1.04 bits per heavy atom. The van der Waals surface area contributed by atoms with Crippen LogP contribution in [-0.2, 0) is 4.79 Å². The van der Waals surface area contributed by atoms with E-state index in [1.165, 1.54) is 11.8 Å². The van der Waals surface area contributed by atoms with Gasteiger partial charge in [-0.25, -0.2) is 0 Å². The largest absolute Gasteiger partial charge is 0.395 e. The number of hydrogen-bond donors (Lipinski definition) is 2. The van der Waals surface area contributed by atoms with Crippen LogP contribution >= 0.6 is 11.8 Å². The molecule has 3 aromatic rings. The summed E-state index contributed by atoms with van der Waals surface area (Å²) < 4.78 is 1.94. The number of benzene rings is 2. The summed E-state index contributed by atoms with van der Waals surface area (Å²) in [5, 5.41) is 20.6. The summed E-state index contributed by atoms with van der Waals surface area (Å²) in [5.41, 5.74) is 1.89. The van der Waals surface area contributed by atoms with E-state index in [4.69, 9.17) is 5.11 Å². The van der Waals surface area contributed by atoms with E-state index in [0.29, 0.717) is 5.16 Å². The Labute approximate surface area is 149 Å². The Morgan fingerprint density at radius 3 is 2.40 bits per heavy atom. The van der Waals surface area contributed by atoms with Gasteiger partial charge in [-0.2, -0.15) is 0 Å². The molecule has 0 spiro atoms. The zero-order valence-corrected chi connectivity index (χ0v) is 14.3. The molecule has 0 saturated carbocycles. The van der Waals surface area contributed by atoms with Crippen molar-refractivity contribution in [3.63, 3.8) is 0 Å². The summed E-state index contributed by atoms with van der Waals surface area (Å²) >= 11 is 1.31. The first-order valence-corrected chi connectivity index (χ1v) is 8.85. The van der Waals surface area contributed by atoms with Gasteiger partial charge in [0.25, 0.3) is 0 Å². The van der Waals surface area contributed by atoms with Crippen LogP contribution in [0.25, 0.3) is 17.1 Å². The summed E-state index contributed by atoms with van der Waals surface area (Å²) in [6.45, 7) is 0.175. The van der Waals surface area contributed by atoms with Crippen LogP contribution in [0.1, 0.15) is 0 Å². The molecule has 0 aliphatic heterocycles. The number of rotatable bonds is 7. The molecule has 0 saturated heterocycles. The standard InChI is InChI=1S/C18H18N4O2S/c23-12-11-19-16(24)13-25-18-21-20-17(14-7-3-1-4-8-14)22(18)15-9-5-2-6-10-15/h1-10,23H,11-13H2,(H,19,24). The summed E-state index contributed by atoms with van der Waals surface area (Å²) in [6, 6.07) is 19.6. The van der Waals surface area contributed by atoms with Gasteiger partial charge in [0.05, 0.1) is 12.4 Å². The van der Waals surface area contributed by atoms with Crippen molar-refractivity contribution < 1.29 is 9.90 Å². The van der Waals surface area contributed by atoms with Crippen LogP contribution in [-0.4, -0.2) is 44.7 Å². The number of aliphatic hydroxyl groups excluding tert-OH is 1. The molecule has 1 heterocycles. The zero-order chi connectivity index (χ0) is 17.5. The van der Waals surface area contributed by atoms with E-state index in [-0.39, 0.29) is 24.8 Å². The molecule has 0 fully saturated rings. The molecule has 6 nitrogen and oxygen atoms in total. The number of nitrogens with zero attached hydrogens (tertiary/aromatic N) is 3. The Bertz CT molecular complexity index is 822. The molecule has 0 aliphatic carbocycles. The molecular formula is C18H18N4O2S. The molecule has 2 N–H and O–H groups in total. The lowest BCUT2D eigenvalue weighted by atomic mass is 10.2. The minimum atomic E-state index is -0.150. The smallest absolute Gasteiger partial charge is 0.230 e. The third kappa shape index (κ3) is 4.26. The second kappa shape index (κ2) is 8.46. The van der Waals surface area contributed by atoms with E-state index >= 15 is 0 Å². The van der Waals surface area contributed by atoms with Crippen LogP contribution in [0.15, 0.2) is 65.8 Å². The highest BCUT2D eigenvalue weighted by molar-refractivity contribution is 7.99. The van der Waals surface area contributed by atoms with Crippen molar-refractivity contribution in [1.82, 2.24) is 20.1 Å². The highest BCUT2D eigenvalue weighted by atomic mass is 32.2. The Kier molecular flexibility index (Phi) is 5.81. The molecule has 0 atom stereocenters. The maximum absolute atomic E-state index is 11.8. The van der Waals surface area contributed by atoms with Gasteiger partial charge in [-0.05, 0) is 12.1 Å². The molecule has 1 aromatic heterocycles. The van der Waals surface area contributed by atoms with E-state index < -0.39 is 0 Å². The Hall–Kier alpha value is -2.64. The van der Waals surface area contributed by atoms with Gasteiger partial charge in [-0.15, -0.1) is 10.2 Å². The maximum atomic E-state index is 11.8. The van der Waals surface area contributed by atoms with Crippen molar-refractivity contribution in [1.29, 1.82) is 0 Å². The molecule has 0 radical (unpaired) electrons. The maximum Gasteiger partial charge on any atom is 0.230 e. The molecule has 25 heavy (non-hydrogen) atoms. The van der Waals surface area contributed by atoms with Crippen molar-refractivity contribution in [2.24, 2.45) is 0 Å². The summed E-state index contributed by atoms with van der Waals surface area (Å²) in [5.74, 6) is 0.785.